The number of morpholine rings is 1. The van der Waals surface area contributed by atoms with E-state index in [1.165, 1.54) is 5.56 Å². The molecule has 1 fully saturated rings. The lowest BCUT2D eigenvalue weighted by atomic mass is 10.0. The van der Waals surface area contributed by atoms with Gasteiger partial charge in [0.1, 0.15) is 0 Å². The second-order valence-electron chi connectivity index (χ2n) is 5.30. The first kappa shape index (κ1) is 15.0. The first-order valence-electron chi connectivity index (χ1n) is 6.98. The molecule has 1 saturated heterocycles. The van der Waals surface area contributed by atoms with Crippen molar-refractivity contribution < 1.29 is 4.74 Å². The predicted octanol–water partition coefficient (Wildman–Crippen LogP) is 2.87. The summed E-state index contributed by atoms with van der Waals surface area (Å²) in [6.45, 7) is 7.10. The second-order valence-corrected chi connectivity index (χ2v) is 6.22. The zero-order valence-electron chi connectivity index (χ0n) is 11.7. The van der Waals surface area contributed by atoms with Gasteiger partial charge in [-0.05, 0) is 38.0 Å². The molecule has 1 heterocycles. The third kappa shape index (κ3) is 4.88. The SMILES string of the molecule is CC(CC1COCCN1)N[C@@H](C)c1ccc(Br)cc1. The van der Waals surface area contributed by atoms with Gasteiger partial charge in [0, 0.05) is 29.1 Å². The molecule has 1 aromatic rings. The van der Waals surface area contributed by atoms with Crippen LogP contribution in [0.2, 0.25) is 0 Å². The molecule has 3 nitrogen and oxygen atoms in total. The van der Waals surface area contributed by atoms with E-state index in [0.717, 1.165) is 30.7 Å². The molecule has 0 radical (unpaired) electrons. The molecule has 0 amide bonds. The Labute approximate surface area is 124 Å². The molecular weight excluding hydrogens is 304 g/mol. The van der Waals surface area contributed by atoms with Gasteiger partial charge in [0.2, 0.25) is 0 Å². The zero-order valence-corrected chi connectivity index (χ0v) is 13.2. The van der Waals surface area contributed by atoms with Crippen molar-refractivity contribution in [2.45, 2.75) is 38.4 Å². The minimum atomic E-state index is 0.368. The van der Waals surface area contributed by atoms with Crippen molar-refractivity contribution in [2.24, 2.45) is 0 Å². The quantitative estimate of drug-likeness (QED) is 0.872. The van der Waals surface area contributed by atoms with Gasteiger partial charge in [-0.2, -0.15) is 0 Å². The van der Waals surface area contributed by atoms with Crippen molar-refractivity contribution in [2.75, 3.05) is 19.8 Å². The first-order valence-corrected chi connectivity index (χ1v) is 7.77. The Morgan fingerprint density at radius 1 is 1.37 bits per heavy atom. The van der Waals surface area contributed by atoms with Crippen LogP contribution in [0.5, 0.6) is 0 Å². The van der Waals surface area contributed by atoms with Crippen LogP contribution < -0.4 is 10.6 Å². The number of nitrogens with one attached hydrogen (secondary N) is 2. The lowest BCUT2D eigenvalue weighted by Gasteiger charge is -2.28. The fourth-order valence-corrected chi connectivity index (χ4v) is 2.80. The number of rotatable bonds is 5. The first-order chi connectivity index (χ1) is 9.15. The molecule has 106 valence electrons. The van der Waals surface area contributed by atoms with Crippen LogP contribution in [0.25, 0.3) is 0 Å². The van der Waals surface area contributed by atoms with Gasteiger partial charge in [-0.15, -0.1) is 0 Å². The minimum absolute atomic E-state index is 0.368. The summed E-state index contributed by atoms with van der Waals surface area (Å²) in [6, 6.07) is 9.83. The van der Waals surface area contributed by atoms with Gasteiger partial charge in [-0.3, -0.25) is 0 Å². The molecule has 0 aromatic heterocycles. The molecule has 4 heteroatoms. The number of halogens is 1. The summed E-state index contributed by atoms with van der Waals surface area (Å²) in [4.78, 5) is 0. The Bertz CT molecular complexity index is 376. The summed E-state index contributed by atoms with van der Waals surface area (Å²) in [6.07, 6.45) is 1.10. The van der Waals surface area contributed by atoms with Crippen LogP contribution in [0.15, 0.2) is 28.7 Å². The van der Waals surface area contributed by atoms with Crippen molar-refractivity contribution in [3.63, 3.8) is 0 Å². The Morgan fingerprint density at radius 2 is 2.11 bits per heavy atom. The fourth-order valence-electron chi connectivity index (χ4n) is 2.54. The van der Waals surface area contributed by atoms with Crippen molar-refractivity contribution in [3.8, 4) is 0 Å². The summed E-state index contributed by atoms with van der Waals surface area (Å²) in [5, 5.41) is 7.15. The second kappa shape index (κ2) is 7.39. The maximum absolute atomic E-state index is 5.49. The highest BCUT2D eigenvalue weighted by Gasteiger charge is 2.17. The van der Waals surface area contributed by atoms with Crippen molar-refractivity contribution in [1.29, 1.82) is 0 Å². The van der Waals surface area contributed by atoms with Crippen LogP contribution in [0.1, 0.15) is 31.9 Å². The van der Waals surface area contributed by atoms with Gasteiger partial charge in [0.05, 0.1) is 13.2 Å². The molecule has 0 bridgehead atoms. The summed E-state index contributed by atoms with van der Waals surface area (Å²) in [5.74, 6) is 0. The molecule has 2 rings (SSSR count). The number of hydrogen-bond donors (Lipinski definition) is 2. The Morgan fingerprint density at radius 3 is 2.74 bits per heavy atom. The Kier molecular flexibility index (Phi) is 5.82. The highest BCUT2D eigenvalue weighted by atomic mass is 79.9. The van der Waals surface area contributed by atoms with Crippen LogP contribution in [-0.2, 0) is 4.74 Å². The van der Waals surface area contributed by atoms with E-state index in [0.29, 0.717) is 18.1 Å². The van der Waals surface area contributed by atoms with Gasteiger partial charge >= 0.3 is 0 Å². The van der Waals surface area contributed by atoms with Crippen LogP contribution in [0, 0.1) is 0 Å². The largest absolute Gasteiger partial charge is 0.379 e. The highest BCUT2D eigenvalue weighted by Crippen LogP contribution is 2.17. The molecule has 19 heavy (non-hydrogen) atoms. The molecule has 0 spiro atoms. The molecule has 1 aromatic carbocycles. The minimum Gasteiger partial charge on any atom is -0.379 e. The highest BCUT2D eigenvalue weighted by molar-refractivity contribution is 9.10. The van der Waals surface area contributed by atoms with Crippen molar-refractivity contribution in [3.05, 3.63) is 34.3 Å². The number of ether oxygens (including phenoxy) is 1. The standard InChI is InChI=1S/C15H23BrN2O/c1-11(9-15-10-19-8-7-17-15)18-12(2)13-3-5-14(16)6-4-13/h3-6,11-12,15,17-18H,7-10H2,1-2H3/t11?,12-,15?/m0/s1. The van der Waals surface area contributed by atoms with Gasteiger partial charge in [0.25, 0.3) is 0 Å². The van der Waals surface area contributed by atoms with Crippen LogP contribution >= 0.6 is 15.9 Å². The van der Waals surface area contributed by atoms with E-state index in [9.17, 15) is 0 Å². The average Bonchev–Trinajstić information content (AvgIpc) is 2.40. The summed E-state index contributed by atoms with van der Waals surface area (Å²) in [7, 11) is 0. The van der Waals surface area contributed by atoms with E-state index in [-0.39, 0.29) is 0 Å². The van der Waals surface area contributed by atoms with E-state index in [1.807, 2.05) is 0 Å². The number of benzene rings is 1. The van der Waals surface area contributed by atoms with Crippen LogP contribution in [0.4, 0.5) is 0 Å². The lowest BCUT2D eigenvalue weighted by Crippen LogP contribution is -2.45. The van der Waals surface area contributed by atoms with Crippen molar-refractivity contribution >= 4 is 15.9 Å². The molecule has 2 N–H and O–H groups in total. The maximum atomic E-state index is 5.49. The van der Waals surface area contributed by atoms with E-state index in [2.05, 4.69) is 64.7 Å². The average molecular weight is 327 g/mol. The van der Waals surface area contributed by atoms with E-state index >= 15 is 0 Å². The molecule has 3 atom stereocenters. The third-order valence-corrected chi connectivity index (χ3v) is 4.07. The zero-order chi connectivity index (χ0) is 13.7. The molecule has 0 aliphatic carbocycles. The van der Waals surface area contributed by atoms with E-state index < -0.39 is 0 Å². The molecule has 2 unspecified atom stereocenters. The fraction of sp³-hybridized carbons (Fsp3) is 0.600. The van der Waals surface area contributed by atoms with Gasteiger partial charge in [-0.1, -0.05) is 28.1 Å². The van der Waals surface area contributed by atoms with Gasteiger partial charge in [-0.25, -0.2) is 0 Å². The van der Waals surface area contributed by atoms with E-state index in [4.69, 9.17) is 4.74 Å². The Hall–Kier alpha value is -0.420. The summed E-state index contributed by atoms with van der Waals surface area (Å²) < 4.78 is 6.62. The topological polar surface area (TPSA) is 33.3 Å². The van der Waals surface area contributed by atoms with E-state index in [1.54, 1.807) is 0 Å². The summed E-state index contributed by atoms with van der Waals surface area (Å²) >= 11 is 3.47. The normalized spacial score (nSPS) is 23.0. The monoisotopic (exact) mass is 326 g/mol. The summed E-state index contributed by atoms with van der Waals surface area (Å²) in [5.41, 5.74) is 1.32. The molecule has 1 aliphatic heterocycles. The third-order valence-electron chi connectivity index (χ3n) is 3.54. The molecule has 0 saturated carbocycles. The van der Waals surface area contributed by atoms with Crippen molar-refractivity contribution in [1.82, 2.24) is 10.6 Å². The lowest BCUT2D eigenvalue weighted by molar-refractivity contribution is 0.0708. The molecular formula is C15H23BrN2O. The van der Waals surface area contributed by atoms with Gasteiger partial charge in [0.15, 0.2) is 0 Å². The predicted molar refractivity (Wildman–Crippen MR) is 82.4 cm³/mol. The van der Waals surface area contributed by atoms with Crippen LogP contribution in [0.3, 0.4) is 0 Å². The maximum Gasteiger partial charge on any atom is 0.0620 e. The molecule has 1 aliphatic rings. The smallest absolute Gasteiger partial charge is 0.0620 e. The van der Waals surface area contributed by atoms with Gasteiger partial charge < -0.3 is 15.4 Å². The number of hydrogen-bond acceptors (Lipinski definition) is 3. The van der Waals surface area contributed by atoms with Crippen LogP contribution in [-0.4, -0.2) is 31.8 Å². The Balaban J connectivity index is 1.80.